The molecule has 0 aromatic heterocycles. The van der Waals surface area contributed by atoms with Crippen molar-refractivity contribution < 1.29 is 18.4 Å². The molecule has 0 aliphatic heterocycles. The van der Waals surface area contributed by atoms with Crippen molar-refractivity contribution in [2.75, 3.05) is 4.90 Å². The minimum Gasteiger partial charge on any atom is -0.352 e. The Morgan fingerprint density at radius 3 is 2.06 bits per heavy atom. The van der Waals surface area contributed by atoms with Crippen LogP contribution in [-0.2, 0) is 24.3 Å². The topological polar surface area (TPSA) is 49.4 Å². The molecule has 0 atom stereocenters. The van der Waals surface area contributed by atoms with E-state index in [-0.39, 0.29) is 29.6 Å². The van der Waals surface area contributed by atoms with Crippen LogP contribution in [0.2, 0.25) is 0 Å². The average molecular weight is 471 g/mol. The second kappa shape index (κ2) is 11.2. The smallest absolute Gasteiger partial charge is 0.258 e. The molecule has 0 unspecified atom stereocenters. The van der Waals surface area contributed by atoms with Gasteiger partial charge in [-0.2, -0.15) is 0 Å². The van der Waals surface area contributed by atoms with Crippen LogP contribution in [0, 0.1) is 11.6 Å². The first-order valence-corrected chi connectivity index (χ1v) is 11.2. The number of nitrogens with zero attached hydrogens (tertiary/aromatic N) is 1. The number of amides is 2. The van der Waals surface area contributed by atoms with Gasteiger partial charge >= 0.3 is 0 Å². The number of hydrogen-bond donors (Lipinski definition) is 1. The molecular formula is C29H24F2N2O2. The van der Waals surface area contributed by atoms with Crippen molar-refractivity contribution in [2.24, 2.45) is 0 Å². The summed E-state index contributed by atoms with van der Waals surface area (Å²) in [6.45, 7) is 0.623. The normalized spacial score (nSPS) is 10.6. The molecule has 0 bridgehead atoms. The third-order valence-electron chi connectivity index (χ3n) is 5.52. The molecule has 176 valence electrons. The van der Waals surface area contributed by atoms with Crippen LogP contribution >= 0.6 is 0 Å². The highest BCUT2D eigenvalue weighted by Gasteiger charge is 2.19. The van der Waals surface area contributed by atoms with Gasteiger partial charge in [0.1, 0.15) is 11.6 Å². The SMILES string of the molecule is O=C(Cc1ccc(N(Cc2ccccc2)C(=O)c2cccc(F)c2)cc1)NCc1ccc(F)cc1. The van der Waals surface area contributed by atoms with Crippen molar-refractivity contribution >= 4 is 17.5 Å². The van der Waals surface area contributed by atoms with E-state index in [2.05, 4.69) is 5.32 Å². The summed E-state index contributed by atoms with van der Waals surface area (Å²) in [7, 11) is 0. The summed E-state index contributed by atoms with van der Waals surface area (Å²) in [5, 5.41) is 2.82. The number of halogens is 2. The van der Waals surface area contributed by atoms with Gasteiger partial charge in [0.05, 0.1) is 13.0 Å². The number of carbonyl (C=O) groups is 2. The van der Waals surface area contributed by atoms with Crippen LogP contribution < -0.4 is 10.2 Å². The van der Waals surface area contributed by atoms with Gasteiger partial charge in [-0.3, -0.25) is 9.59 Å². The van der Waals surface area contributed by atoms with Crippen molar-refractivity contribution in [1.29, 1.82) is 0 Å². The molecule has 4 rings (SSSR count). The van der Waals surface area contributed by atoms with E-state index in [9.17, 15) is 18.4 Å². The molecule has 6 heteroatoms. The van der Waals surface area contributed by atoms with Gasteiger partial charge in [-0.15, -0.1) is 0 Å². The van der Waals surface area contributed by atoms with E-state index in [1.165, 1.54) is 30.3 Å². The van der Waals surface area contributed by atoms with Crippen LogP contribution in [0.5, 0.6) is 0 Å². The average Bonchev–Trinajstić information content (AvgIpc) is 2.88. The van der Waals surface area contributed by atoms with Gasteiger partial charge < -0.3 is 10.2 Å². The van der Waals surface area contributed by atoms with Gasteiger partial charge in [-0.05, 0) is 59.2 Å². The highest BCUT2D eigenvalue weighted by atomic mass is 19.1. The molecule has 0 fully saturated rings. The first kappa shape index (κ1) is 23.8. The number of anilines is 1. The van der Waals surface area contributed by atoms with Gasteiger partial charge in [-0.1, -0.05) is 60.7 Å². The van der Waals surface area contributed by atoms with Crippen LogP contribution in [0.25, 0.3) is 0 Å². The van der Waals surface area contributed by atoms with Crippen molar-refractivity contribution in [3.05, 3.63) is 137 Å². The van der Waals surface area contributed by atoms with Gasteiger partial charge in [0.25, 0.3) is 5.91 Å². The number of benzene rings is 4. The molecule has 4 aromatic rings. The molecule has 0 spiro atoms. The molecule has 4 aromatic carbocycles. The first-order valence-electron chi connectivity index (χ1n) is 11.2. The highest BCUT2D eigenvalue weighted by Crippen LogP contribution is 2.22. The third-order valence-corrected chi connectivity index (χ3v) is 5.52. The van der Waals surface area contributed by atoms with Crippen LogP contribution in [0.4, 0.5) is 14.5 Å². The molecule has 4 nitrogen and oxygen atoms in total. The first-order chi connectivity index (χ1) is 17.0. The molecule has 1 N–H and O–H groups in total. The van der Waals surface area contributed by atoms with E-state index < -0.39 is 5.82 Å². The maximum atomic E-state index is 13.8. The van der Waals surface area contributed by atoms with Crippen LogP contribution in [0.3, 0.4) is 0 Å². The molecule has 2 amide bonds. The summed E-state index contributed by atoms with van der Waals surface area (Å²) in [5.74, 6) is -1.29. The fourth-order valence-electron chi connectivity index (χ4n) is 3.67. The second-order valence-electron chi connectivity index (χ2n) is 8.13. The zero-order valence-electron chi connectivity index (χ0n) is 19.0. The standard InChI is InChI=1S/C29H24F2N2O2/c30-25-13-9-22(10-14-25)19-32-28(34)17-21-11-15-27(16-12-21)33(20-23-5-2-1-3-6-23)29(35)24-7-4-8-26(31)18-24/h1-16,18H,17,19-20H2,(H,32,34). The van der Waals surface area contributed by atoms with E-state index >= 15 is 0 Å². The molecule has 0 aliphatic carbocycles. The lowest BCUT2D eigenvalue weighted by molar-refractivity contribution is -0.120. The summed E-state index contributed by atoms with van der Waals surface area (Å²) in [5.41, 5.74) is 3.41. The summed E-state index contributed by atoms with van der Waals surface area (Å²) in [4.78, 5) is 27.2. The maximum Gasteiger partial charge on any atom is 0.258 e. The van der Waals surface area contributed by atoms with Crippen LogP contribution in [0.15, 0.2) is 103 Å². The summed E-state index contributed by atoms with van der Waals surface area (Å²) in [6, 6.07) is 28.3. The zero-order chi connectivity index (χ0) is 24.6. The molecular weight excluding hydrogens is 446 g/mol. The summed E-state index contributed by atoms with van der Waals surface area (Å²) in [6.07, 6.45) is 0.165. The maximum absolute atomic E-state index is 13.8. The Morgan fingerprint density at radius 1 is 0.686 bits per heavy atom. The Kier molecular flexibility index (Phi) is 7.63. The fraction of sp³-hybridized carbons (Fsp3) is 0.103. The van der Waals surface area contributed by atoms with Crippen molar-refractivity contribution in [1.82, 2.24) is 5.32 Å². The number of nitrogens with one attached hydrogen (secondary N) is 1. The Balaban J connectivity index is 1.47. The van der Waals surface area contributed by atoms with Gasteiger partial charge in [0.2, 0.25) is 5.91 Å². The number of rotatable bonds is 8. The third kappa shape index (κ3) is 6.60. The van der Waals surface area contributed by atoms with Crippen molar-refractivity contribution in [2.45, 2.75) is 19.5 Å². The molecule has 35 heavy (non-hydrogen) atoms. The van der Waals surface area contributed by atoms with Crippen molar-refractivity contribution in [3.63, 3.8) is 0 Å². The van der Waals surface area contributed by atoms with E-state index in [4.69, 9.17) is 0 Å². The lowest BCUT2D eigenvalue weighted by Gasteiger charge is -2.23. The minimum absolute atomic E-state index is 0.165. The molecule has 0 aliphatic rings. The Morgan fingerprint density at radius 2 is 1.37 bits per heavy atom. The van der Waals surface area contributed by atoms with E-state index in [0.717, 1.165) is 16.7 Å². The summed E-state index contributed by atoms with van der Waals surface area (Å²) < 4.78 is 26.8. The highest BCUT2D eigenvalue weighted by molar-refractivity contribution is 6.06. The number of hydrogen-bond acceptors (Lipinski definition) is 2. The van der Waals surface area contributed by atoms with Crippen molar-refractivity contribution in [3.8, 4) is 0 Å². The Bertz CT molecular complexity index is 1290. The van der Waals surface area contributed by atoms with Crippen LogP contribution in [0.1, 0.15) is 27.0 Å². The summed E-state index contributed by atoms with van der Waals surface area (Å²) >= 11 is 0. The predicted molar refractivity (Wildman–Crippen MR) is 132 cm³/mol. The van der Waals surface area contributed by atoms with Gasteiger partial charge in [0, 0.05) is 17.8 Å². The van der Waals surface area contributed by atoms with Gasteiger partial charge in [0.15, 0.2) is 0 Å². The molecule has 0 saturated heterocycles. The Hall–Kier alpha value is -4.32. The number of carbonyl (C=O) groups excluding carboxylic acids is 2. The minimum atomic E-state index is -0.475. The van der Waals surface area contributed by atoms with E-state index in [1.54, 1.807) is 47.4 Å². The monoisotopic (exact) mass is 470 g/mol. The second-order valence-corrected chi connectivity index (χ2v) is 8.13. The largest absolute Gasteiger partial charge is 0.352 e. The quantitative estimate of drug-likeness (QED) is 0.361. The van der Waals surface area contributed by atoms with E-state index in [0.29, 0.717) is 18.8 Å². The molecule has 0 saturated carbocycles. The fourth-order valence-corrected chi connectivity index (χ4v) is 3.67. The lowest BCUT2D eigenvalue weighted by atomic mass is 10.1. The molecule has 0 radical (unpaired) electrons. The zero-order valence-corrected chi connectivity index (χ0v) is 19.0. The van der Waals surface area contributed by atoms with Crippen LogP contribution in [-0.4, -0.2) is 11.8 Å². The Labute approximate surface area is 202 Å². The lowest BCUT2D eigenvalue weighted by Crippen LogP contribution is -2.30. The van der Waals surface area contributed by atoms with Gasteiger partial charge in [-0.25, -0.2) is 8.78 Å². The van der Waals surface area contributed by atoms with E-state index in [1.807, 2.05) is 30.3 Å². The molecule has 0 heterocycles. The predicted octanol–water partition coefficient (Wildman–Crippen LogP) is 5.67.